The van der Waals surface area contributed by atoms with Crippen molar-refractivity contribution >= 4 is 17.5 Å². The first kappa shape index (κ1) is 23.8. The normalized spacial score (nSPS) is 19.6. The van der Waals surface area contributed by atoms with Crippen molar-refractivity contribution in [1.29, 1.82) is 0 Å². The number of amides is 2. The Balaban J connectivity index is 1.96. The second-order valence-electron chi connectivity index (χ2n) is 8.78. The number of fused-ring (bicyclic) bond motifs is 1. The second-order valence-corrected chi connectivity index (χ2v) is 8.78. The van der Waals surface area contributed by atoms with Crippen LogP contribution in [0.2, 0.25) is 0 Å². The largest absolute Gasteiger partial charge is 0.486 e. The van der Waals surface area contributed by atoms with Gasteiger partial charge in [-0.15, -0.1) is 0 Å². The lowest BCUT2D eigenvalue weighted by Gasteiger charge is -2.38. The fraction of sp³-hybridized carbons (Fsp3) is 0.440. The molecule has 0 bridgehead atoms. The number of hydrogen-bond acceptors (Lipinski definition) is 5. The highest BCUT2D eigenvalue weighted by Crippen LogP contribution is 2.35. The monoisotopic (exact) mass is 439 g/mol. The van der Waals surface area contributed by atoms with Crippen molar-refractivity contribution in [2.45, 2.75) is 32.4 Å². The molecule has 2 amide bonds. The van der Waals surface area contributed by atoms with Gasteiger partial charge in [0.15, 0.2) is 5.75 Å². The maximum absolute atomic E-state index is 13.4. The number of aliphatic hydroxyl groups is 1. The van der Waals surface area contributed by atoms with Crippen molar-refractivity contribution in [1.82, 2.24) is 9.80 Å². The summed E-state index contributed by atoms with van der Waals surface area (Å²) in [6.45, 7) is 4.88. The standard InChI is InChI=1S/C25H33N3O4/c1-17-14-28(18(2)16-29)25(31)20-11-8-12-21(24(20)32-22(17)15-27(3)4)26-23(30)13-19-9-6-5-7-10-19/h5-12,17-18,22,29H,13-16H2,1-4H3,(H,26,30)/t17-,18+,22+/m0/s1. The zero-order valence-corrected chi connectivity index (χ0v) is 19.2. The van der Waals surface area contributed by atoms with E-state index in [1.807, 2.05) is 63.2 Å². The van der Waals surface area contributed by atoms with Gasteiger partial charge in [-0.2, -0.15) is 0 Å². The van der Waals surface area contributed by atoms with Crippen molar-refractivity contribution in [2.24, 2.45) is 5.92 Å². The SMILES string of the molecule is C[C@H](CO)N1C[C@H](C)[C@@H](CN(C)C)Oc2c(NC(=O)Cc3ccccc3)cccc2C1=O. The van der Waals surface area contributed by atoms with Gasteiger partial charge in [0, 0.05) is 19.0 Å². The predicted octanol–water partition coefficient (Wildman–Crippen LogP) is 2.65. The Labute approximate surface area is 190 Å². The minimum Gasteiger partial charge on any atom is -0.486 e. The Morgan fingerprint density at radius 1 is 1.22 bits per heavy atom. The van der Waals surface area contributed by atoms with Gasteiger partial charge < -0.3 is 25.0 Å². The third-order valence-corrected chi connectivity index (χ3v) is 5.72. The summed E-state index contributed by atoms with van der Waals surface area (Å²) >= 11 is 0. The van der Waals surface area contributed by atoms with Gasteiger partial charge in [-0.05, 0) is 38.7 Å². The van der Waals surface area contributed by atoms with Gasteiger partial charge in [-0.3, -0.25) is 9.59 Å². The first-order chi connectivity index (χ1) is 15.3. The molecule has 3 atom stereocenters. The third-order valence-electron chi connectivity index (χ3n) is 5.72. The summed E-state index contributed by atoms with van der Waals surface area (Å²) in [7, 11) is 3.95. The molecule has 0 unspecified atom stereocenters. The molecule has 2 N–H and O–H groups in total. The molecular weight excluding hydrogens is 406 g/mol. The number of aliphatic hydroxyl groups excluding tert-OH is 1. The quantitative estimate of drug-likeness (QED) is 0.693. The van der Waals surface area contributed by atoms with Crippen molar-refractivity contribution in [2.75, 3.05) is 39.1 Å². The molecule has 1 aliphatic rings. The number of carbonyl (C=O) groups excluding carboxylic acids is 2. The number of likely N-dealkylation sites (N-methyl/N-ethyl adjacent to an activating group) is 1. The van der Waals surface area contributed by atoms with E-state index in [1.165, 1.54) is 0 Å². The first-order valence-corrected chi connectivity index (χ1v) is 11.0. The van der Waals surface area contributed by atoms with Crippen molar-refractivity contribution in [3.63, 3.8) is 0 Å². The lowest BCUT2D eigenvalue weighted by Crippen LogP contribution is -2.49. The summed E-state index contributed by atoms with van der Waals surface area (Å²) in [4.78, 5) is 29.9. The number of carbonyl (C=O) groups is 2. The Morgan fingerprint density at radius 2 is 1.94 bits per heavy atom. The Hall–Kier alpha value is -2.90. The number of ether oxygens (including phenoxy) is 1. The van der Waals surface area contributed by atoms with Crippen LogP contribution in [-0.4, -0.2) is 72.7 Å². The van der Waals surface area contributed by atoms with Crippen molar-refractivity contribution < 1.29 is 19.4 Å². The molecule has 1 heterocycles. The molecule has 0 fully saturated rings. The molecule has 0 radical (unpaired) electrons. The molecule has 0 aliphatic carbocycles. The van der Waals surface area contributed by atoms with Gasteiger partial charge in [-0.25, -0.2) is 0 Å². The molecule has 172 valence electrons. The van der Waals surface area contributed by atoms with Crippen LogP contribution in [0, 0.1) is 5.92 Å². The van der Waals surface area contributed by atoms with E-state index in [-0.39, 0.29) is 42.9 Å². The summed E-state index contributed by atoms with van der Waals surface area (Å²) in [5.41, 5.74) is 1.77. The molecule has 0 saturated heterocycles. The van der Waals surface area contributed by atoms with Gasteiger partial charge in [-0.1, -0.05) is 43.3 Å². The molecule has 32 heavy (non-hydrogen) atoms. The predicted molar refractivity (Wildman–Crippen MR) is 125 cm³/mol. The number of rotatable bonds is 7. The van der Waals surface area contributed by atoms with Gasteiger partial charge in [0.2, 0.25) is 5.91 Å². The van der Waals surface area contributed by atoms with Crippen LogP contribution in [0.5, 0.6) is 5.75 Å². The molecule has 2 aromatic rings. The van der Waals surface area contributed by atoms with Crippen LogP contribution in [0.15, 0.2) is 48.5 Å². The number of hydrogen-bond donors (Lipinski definition) is 2. The van der Waals surface area contributed by atoms with E-state index in [0.717, 1.165) is 5.56 Å². The minimum atomic E-state index is -0.327. The Kier molecular flexibility index (Phi) is 7.88. The van der Waals surface area contributed by atoms with E-state index < -0.39 is 0 Å². The number of benzene rings is 2. The van der Waals surface area contributed by atoms with Gasteiger partial charge in [0.25, 0.3) is 5.91 Å². The molecule has 7 nitrogen and oxygen atoms in total. The fourth-order valence-corrected chi connectivity index (χ4v) is 3.90. The van der Waals surface area contributed by atoms with E-state index in [1.54, 1.807) is 23.1 Å². The van der Waals surface area contributed by atoms with E-state index in [0.29, 0.717) is 30.1 Å². The maximum atomic E-state index is 13.4. The number of para-hydroxylation sites is 1. The summed E-state index contributed by atoms with van der Waals surface area (Å²) in [5, 5.41) is 12.7. The topological polar surface area (TPSA) is 82.1 Å². The zero-order chi connectivity index (χ0) is 23.3. The van der Waals surface area contributed by atoms with E-state index >= 15 is 0 Å². The Bertz CT molecular complexity index is 932. The lowest BCUT2D eigenvalue weighted by atomic mass is 9.99. The highest BCUT2D eigenvalue weighted by Gasteiger charge is 2.34. The molecular formula is C25H33N3O4. The lowest BCUT2D eigenvalue weighted by molar-refractivity contribution is -0.115. The van der Waals surface area contributed by atoms with Crippen LogP contribution in [0.4, 0.5) is 5.69 Å². The fourth-order valence-electron chi connectivity index (χ4n) is 3.90. The first-order valence-electron chi connectivity index (χ1n) is 11.0. The molecule has 2 aromatic carbocycles. The summed E-state index contributed by atoms with van der Waals surface area (Å²) in [6, 6.07) is 14.4. The van der Waals surface area contributed by atoms with E-state index in [2.05, 4.69) is 5.32 Å². The summed E-state index contributed by atoms with van der Waals surface area (Å²) in [5.74, 6) is 0.0142. The van der Waals surface area contributed by atoms with E-state index in [4.69, 9.17) is 4.74 Å². The van der Waals surface area contributed by atoms with Crippen LogP contribution < -0.4 is 10.1 Å². The van der Waals surface area contributed by atoms with Crippen LogP contribution in [0.1, 0.15) is 29.8 Å². The molecule has 3 rings (SSSR count). The van der Waals surface area contributed by atoms with Gasteiger partial charge in [0.05, 0.1) is 30.3 Å². The van der Waals surface area contributed by atoms with Crippen LogP contribution >= 0.6 is 0 Å². The maximum Gasteiger partial charge on any atom is 0.258 e. The van der Waals surface area contributed by atoms with Crippen LogP contribution in [0.25, 0.3) is 0 Å². The minimum absolute atomic E-state index is 0.0246. The van der Waals surface area contributed by atoms with Crippen LogP contribution in [0.3, 0.4) is 0 Å². The van der Waals surface area contributed by atoms with Crippen molar-refractivity contribution in [3.05, 3.63) is 59.7 Å². The molecule has 0 aromatic heterocycles. The van der Waals surface area contributed by atoms with Crippen molar-refractivity contribution in [3.8, 4) is 5.75 Å². The number of nitrogens with one attached hydrogen (secondary N) is 1. The summed E-state index contributed by atoms with van der Waals surface area (Å²) in [6.07, 6.45) is 0.0290. The van der Waals surface area contributed by atoms with Gasteiger partial charge >= 0.3 is 0 Å². The average Bonchev–Trinajstić information content (AvgIpc) is 2.76. The molecule has 7 heteroatoms. The number of anilines is 1. The number of nitrogens with zero attached hydrogens (tertiary/aromatic N) is 2. The molecule has 1 aliphatic heterocycles. The smallest absolute Gasteiger partial charge is 0.258 e. The van der Waals surface area contributed by atoms with Crippen LogP contribution in [-0.2, 0) is 11.2 Å². The molecule has 0 spiro atoms. The highest BCUT2D eigenvalue weighted by molar-refractivity contribution is 6.02. The molecule has 0 saturated carbocycles. The average molecular weight is 440 g/mol. The highest BCUT2D eigenvalue weighted by atomic mass is 16.5. The third kappa shape index (κ3) is 5.66. The van der Waals surface area contributed by atoms with E-state index in [9.17, 15) is 14.7 Å². The summed E-state index contributed by atoms with van der Waals surface area (Å²) < 4.78 is 6.41. The zero-order valence-electron chi connectivity index (χ0n) is 19.2. The second kappa shape index (κ2) is 10.6. The Morgan fingerprint density at radius 3 is 2.59 bits per heavy atom. The van der Waals surface area contributed by atoms with Gasteiger partial charge in [0.1, 0.15) is 6.10 Å².